The molecule has 2 heterocycles. The molecule has 0 unspecified atom stereocenters. The Kier molecular flexibility index (Phi) is 5.75. The Hall–Kier alpha value is -1.16. The van der Waals surface area contributed by atoms with Gasteiger partial charge in [-0.25, -0.2) is 9.97 Å². The number of piperazine rings is 1. The van der Waals surface area contributed by atoms with Crippen LogP contribution in [0.15, 0.2) is 12.4 Å². The highest BCUT2D eigenvalue weighted by molar-refractivity contribution is 5.42. The predicted octanol–water partition coefficient (Wildman–Crippen LogP) is 3.94. The fraction of sp³-hybridized carbons (Fsp3) is 0.800. The van der Waals surface area contributed by atoms with Gasteiger partial charge < -0.3 is 4.90 Å². The van der Waals surface area contributed by atoms with Gasteiger partial charge in [0.15, 0.2) is 0 Å². The molecule has 4 nitrogen and oxygen atoms in total. The van der Waals surface area contributed by atoms with Gasteiger partial charge in [-0.05, 0) is 37.5 Å². The topological polar surface area (TPSA) is 32.3 Å². The van der Waals surface area contributed by atoms with Crippen molar-refractivity contribution in [1.82, 2.24) is 14.9 Å². The Balaban J connectivity index is 1.49. The lowest BCUT2D eigenvalue weighted by Crippen LogP contribution is -2.51. The van der Waals surface area contributed by atoms with Crippen LogP contribution in [0.25, 0.3) is 0 Å². The average Bonchev–Trinajstić information content (AvgIpc) is 2.62. The molecule has 0 atom stereocenters. The fourth-order valence-corrected chi connectivity index (χ4v) is 4.27. The SMILES string of the molecule is CC(C)c1ncc(N2CCN(C3CCC(C(C)C)CC3)CC2)cn1. The summed E-state index contributed by atoms with van der Waals surface area (Å²) in [6.45, 7) is 13.6. The van der Waals surface area contributed by atoms with Gasteiger partial charge in [0.1, 0.15) is 5.82 Å². The van der Waals surface area contributed by atoms with Crippen molar-refractivity contribution in [3.05, 3.63) is 18.2 Å². The molecule has 4 heteroatoms. The minimum atomic E-state index is 0.400. The molecule has 2 aliphatic rings. The third kappa shape index (κ3) is 4.08. The number of hydrogen-bond acceptors (Lipinski definition) is 4. The van der Waals surface area contributed by atoms with Crippen molar-refractivity contribution in [1.29, 1.82) is 0 Å². The van der Waals surface area contributed by atoms with Gasteiger partial charge in [0.2, 0.25) is 0 Å². The maximum absolute atomic E-state index is 4.52. The van der Waals surface area contributed by atoms with Crippen molar-refractivity contribution < 1.29 is 0 Å². The molecule has 134 valence electrons. The van der Waals surface area contributed by atoms with Crippen molar-refractivity contribution in [3.63, 3.8) is 0 Å². The van der Waals surface area contributed by atoms with Gasteiger partial charge in [0.25, 0.3) is 0 Å². The van der Waals surface area contributed by atoms with E-state index < -0.39 is 0 Å². The highest BCUT2D eigenvalue weighted by Crippen LogP contribution is 2.32. The highest BCUT2D eigenvalue weighted by atomic mass is 15.3. The van der Waals surface area contributed by atoms with E-state index >= 15 is 0 Å². The first-order valence-corrected chi connectivity index (χ1v) is 9.85. The summed E-state index contributed by atoms with van der Waals surface area (Å²) in [6.07, 6.45) is 9.65. The number of hydrogen-bond donors (Lipinski definition) is 0. The number of nitrogens with zero attached hydrogens (tertiary/aromatic N) is 4. The smallest absolute Gasteiger partial charge is 0.130 e. The second-order valence-corrected chi connectivity index (χ2v) is 8.29. The Morgan fingerprint density at radius 3 is 1.96 bits per heavy atom. The second-order valence-electron chi connectivity index (χ2n) is 8.29. The van der Waals surface area contributed by atoms with Gasteiger partial charge in [0, 0.05) is 38.1 Å². The lowest BCUT2D eigenvalue weighted by Gasteiger charge is -2.43. The predicted molar refractivity (Wildman–Crippen MR) is 100 cm³/mol. The van der Waals surface area contributed by atoms with E-state index in [1.807, 2.05) is 12.4 Å². The molecule has 1 aliphatic carbocycles. The van der Waals surface area contributed by atoms with Crippen LogP contribution in [0, 0.1) is 11.8 Å². The molecule has 1 aromatic heterocycles. The van der Waals surface area contributed by atoms with Crippen LogP contribution in [0.4, 0.5) is 5.69 Å². The van der Waals surface area contributed by atoms with E-state index in [0.29, 0.717) is 5.92 Å². The molecule has 2 fully saturated rings. The summed E-state index contributed by atoms with van der Waals surface area (Å²) in [6, 6.07) is 0.821. The van der Waals surface area contributed by atoms with E-state index in [9.17, 15) is 0 Å². The summed E-state index contributed by atoms with van der Waals surface area (Å²) in [5.41, 5.74) is 1.18. The molecular weight excluding hydrogens is 296 g/mol. The summed E-state index contributed by atoms with van der Waals surface area (Å²) in [7, 11) is 0. The Labute approximate surface area is 147 Å². The van der Waals surface area contributed by atoms with Gasteiger partial charge in [-0.15, -0.1) is 0 Å². The number of rotatable bonds is 4. The van der Waals surface area contributed by atoms with Crippen LogP contribution in [0.5, 0.6) is 0 Å². The van der Waals surface area contributed by atoms with E-state index in [0.717, 1.165) is 36.8 Å². The molecule has 1 aliphatic heterocycles. The van der Waals surface area contributed by atoms with Crippen LogP contribution in [0.2, 0.25) is 0 Å². The van der Waals surface area contributed by atoms with Crippen molar-refractivity contribution in [2.75, 3.05) is 31.1 Å². The first-order valence-electron chi connectivity index (χ1n) is 9.85. The normalized spacial score (nSPS) is 26.3. The van der Waals surface area contributed by atoms with Gasteiger partial charge >= 0.3 is 0 Å². The summed E-state index contributed by atoms with van der Waals surface area (Å²) in [5.74, 6) is 3.16. The third-order valence-electron chi connectivity index (χ3n) is 6.05. The molecule has 3 rings (SSSR count). The van der Waals surface area contributed by atoms with Crippen molar-refractivity contribution >= 4 is 5.69 Å². The zero-order chi connectivity index (χ0) is 17.1. The fourth-order valence-electron chi connectivity index (χ4n) is 4.27. The minimum absolute atomic E-state index is 0.400. The molecule has 0 amide bonds. The standard InChI is InChI=1S/C20H34N4/c1-15(2)17-5-7-18(8-6-17)23-9-11-24(12-10-23)19-13-21-20(16(3)4)22-14-19/h13-18H,5-12H2,1-4H3. The van der Waals surface area contributed by atoms with Crippen LogP contribution >= 0.6 is 0 Å². The van der Waals surface area contributed by atoms with E-state index in [2.05, 4.69) is 47.5 Å². The summed E-state index contributed by atoms with van der Waals surface area (Å²) >= 11 is 0. The summed E-state index contributed by atoms with van der Waals surface area (Å²) < 4.78 is 0. The van der Waals surface area contributed by atoms with Gasteiger partial charge in [-0.1, -0.05) is 27.7 Å². The molecule has 0 aromatic carbocycles. The largest absolute Gasteiger partial charge is 0.366 e. The maximum atomic E-state index is 4.52. The maximum Gasteiger partial charge on any atom is 0.130 e. The summed E-state index contributed by atoms with van der Waals surface area (Å²) in [5, 5.41) is 0. The Morgan fingerprint density at radius 1 is 0.875 bits per heavy atom. The number of anilines is 1. The third-order valence-corrected chi connectivity index (χ3v) is 6.05. The first kappa shape index (κ1) is 17.7. The molecule has 1 aromatic rings. The zero-order valence-electron chi connectivity index (χ0n) is 15.9. The zero-order valence-corrected chi connectivity index (χ0v) is 15.9. The van der Waals surface area contributed by atoms with Crippen LogP contribution in [-0.4, -0.2) is 47.1 Å². The molecule has 1 saturated heterocycles. The monoisotopic (exact) mass is 330 g/mol. The minimum Gasteiger partial charge on any atom is -0.366 e. The molecule has 1 saturated carbocycles. The van der Waals surface area contributed by atoms with Crippen LogP contribution in [0.3, 0.4) is 0 Å². The molecule has 0 spiro atoms. The van der Waals surface area contributed by atoms with Gasteiger partial charge in [0.05, 0.1) is 18.1 Å². The molecule has 0 bridgehead atoms. The quantitative estimate of drug-likeness (QED) is 0.837. The first-order chi connectivity index (χ1) is 11.5. The van der Waals surface area contributed by atoms with Crippen LogP contribution < -0.4 is 4.90 Å². The lowest BCUT2D eigenvalue weighted by atomic mass is 9.79. The molecule has 24 heavy (non-hydrogen) atoms. The van der Waals surface area contributed by atoms with Crippen molar-refractivity contribution in [3.8, 4) is 0 Å². The molecular formula is C20H34N4. The second kappa shape index (κ2) is 7.81. The highest BCUT2D eigenvalue weighted by Gasteiger charge is 2.29. The van der Waals surface area contributed by atoms with E-state index in [4.69, 9.17) is 0 Å². The lowest BCUT2D eigenvalue weighted by molar-refractivity contribution is 0.117. The van der Waals surface area contributed by atoms with E-state index in [-0.39, 0.29) is 0 Å². The average molecular weight is 331 g/mol. The number of aromatic nitrogens is 2. The Morgan fingerprint density at radius 2 is 1.46 bits per heavy atom. The van der Waals surface area contributed by atoms with Crippen molar-refractivity contribution in [2.24, 2.45) is 11.8 Å². The Bertz CT molecular complexity index is 495. The molecule has 0 N–H and O–H groups in total. The van der Waals surface area contributed by atoms with Gasteiger partial charge in [-0.3, -0.25) is 4.90 Å². The van der Waals surface area contributed by atoms with Crippen molar-refractivity contribution in [2.45, 2.75) is 65.3 Å². The van der Waals surface area contributed by atoms with E-state index in [1.54, 1.807) is 0 Å². The summed E-state index contributed by atoms with van der Waals surface area (Å²) in [4.78, 5) is 14.2. The van der Waals surface area contributed by atoms with E-state index in [1.165, 1.54) is 44.5 Å². The van der Waals surface area contributed by atoms with Crippen LogP contribution in [0.1, 0.15) is 65.1 Å². The van der Waals surface area contributed by atoms with Gasteiger partial charge in [-0.2, -0.15) is 0 Å². The van der Waals surface area contributed by atoms with Crippen LogP contribution in [-0.2, 0) is 0 Å². The molecule has 0 radical (unpaired) electrons.